The Labute approximate surface area is 123 Å². The normalized spacial score (nSPS) is 10.6. The van der Waals surface area contributed by atoms with E-state index in [0.29, 0.717) is 17.3 Å². The summed E-state index contributed by atoms with van der Waals surface area (Å²) >= 11 is 0. The minimum absolute atomic E-state index is 0.111. The minimum atomic E-state index is -0.111. The molecule has 0 bridgehead atoms. The van der Waals surface area contributed by atoms with Gasteiger partial charge in [-0.15, -0.1) is 0 Å². The first-order chi connectivity index (χ1) is 10.2. The highest BCUT2D eigenvalue weighted by molar-refractivity contribution is 5.94. The van der Waals surface area contributed by atoms with Crippen LogP contribution in [0.4, 0.5) is 0 Å². The number of nitrogens with one attached hydrogen (secondary N) is 2. The number of carbonyl (C=O) groups is 1. The lowest BCUT2D eigenvalue weighted by Gasteiger charge is -1.99. The molecule has 0 saturated heterocycles. The summed E-state index contributed by atoms with van der Waals surface area (Å²) in [6, 6.07) is 7.13. The molecule has 112 valence electrons. The molecular formula is C15H20N4O2. The number of unbranched alkanes of at least 4 members (excludes halogenated alkanes) is 1. The Bertz CT molecular complexity index is 578. The van der Waals surface area contributed by atoms with E-state index in [1.807, 2.05) is 19.2 Å². The summed E-state index contributed by atoms with van der Waals surface area (Å²) in [5.74, 6) is 1.10. The third-order valence-corrected chi connectivity index (χ3v) is 3.17. The lowest BCUT2D eigenvalue weighted by molar-refractivity contribution is 0.0963. The maximum Gasteiger partial charge on any atom is 0.251 e. The molecule has 0 aliphatic rings. The molecule has 0 saturated carbocycles. The molecule has 0 unspecified atom stereocenters. The monoisotopic (exact) mass is 288 g/mol. The van der Waals surface area contributed by atoms with Crippen LogP contribution in [0.5, 0.6) is 0 Å². The average Bonchev–Trinajstić information content (AvgIpc) is 3.00. The quantitative estimate of drug-likeness (QED) is 0.757. The molecular weight excluding hydrogens is 268 g/mol. The molecule has 1 heterocycles. The highest BCUT2D eigenvalue weighted by Crippen LogP contribution is 2.17. The van der Waals surface area contributed by atoms with Gasteiger partial charge >= 0.3 is 0 Å². The lowest BCUT2D eigenvalue weighted by atomic mass is 10.1. The minimum Gasteiger partial charge on any atom is -0.355 e. The maximum atomic E-state index is 11.5. The van der Waals surface area contributed by atoms with Crippen LogP contribution in [0.3, 0.4) is 0 Å². The molecule has 0 atom stereocenters. The molecule has 1 amide bonds. The predicted octanol–water partition coefficient (Wildman–Crippen LogP) is 1.64. The van der Waals surface area contributed by atoms with Gasteiger partial charge in [0.1, 0.15) is 0 Å². The summed E-state index contributed by atoms with van der Waals surface area (Å²) in [6.45, 7) is 0.988. The Morgan fingerprint density at radius 1 is 1.19 bits per heavy atom. The van der Waals surface area contributed by atoms with Crippen LogP contribution in [0.25, 0.3) is 11.4 Å². The second-order valence-electron chi connectivity index (χ2n) is 4.73. The zero-order valence-corrected chi connectivity index (χ0v) is 12.3. The van der Waals surface area contributed by atoms with Gasteiger partial charge in [-0.25, -0.2) is 0 Å². The van der Waals surface area contributed by atoms with Gasteiger partial charge in [-0.1, -0.05) is 17.3 Å². The van der Waals surface area contributed by atoms with E-state index >= 15 is 0 Å². The molecule has 0 spiro atoms. The summed E-state index contributed by atoms with van der Waals surface area (Å²) < 4.78 is 5.24. The van der Waals surface area contributed by atoms with Gasteiger partial charge in [0.25, 0.3) is 5.91 Å². The van der Waals surface area contributed by atoms with Crippen LogP contribution in [-0.2, 0) is 6.42 Å². The van der Waals surface area contributed by atoms with Gasteiger partial charge in [0, 0.05) is 24.6 Å². The van der Waals surface area contributed by atoms with E-state index in [4.69, 9.17) is 4.52 Å². The lowest BCUT2D eigenvalue weighted by Crippen LogP contribution is -2.17. The number of nitrogens with zero attached hydrogens (tertiary/aromatic N) is 2. The Hall–Kier alpha value is -2.21. The van der Waals surface area contributed by atoms with Gasteiger partial charge in [-0.2, -0.15) is 4.98 Å². The first-order valence-corrected chi connectivity index (χ1v) is 7.04. The van der Waals surface area contributed by atoms with Crippen molar-refractivity contribution >= 4 is 5.91 Å². The van der Waals surface area contributed by atoms with E-state index < -0.39 is 0 Å². The van der Waals surface area contributed by atoms with Crippen molar-refractivity contribution in [1.82, 2.24) is 20.8 Å². The zero-order chi connectivity index (χ0) is 15.1. The van der Waals surface area contributed by atoms with Crippen molar-refractivity contribution in [1.29, 1.82) is 0 Å². The molecule has 2 rings (SSSR count). The molecule has 1 aromatic carbocycles. The SMILES string of the molecule is CNCCCCc1nc(-c2ccc(C(=O)NC)cc2)no1. The Morgan fingerprint density at radius 3 is 2.62 bits per heavy atom. The molecule has 0 aliphatic carbocycles. The molecule has 2 N–H and O–H groups in total. The number of amides is 1. The topological polar surface area (TPSA) is 80.0 Å². The van der Waals surface area contributed by atoms with Crippen LogP contribution in [-0.4, -0.2) is 36.7 Å². The fourth-order valence-corrected chi connectivity index (χ4v) is 1.97. The third-order valence-electron chi connectivity index (χ3n) is 3.17. The number of benzene rings is 1. The largest absolute Gasteiger partial charge is 0.355 e. The van der Waals surface area contributed by atoms with Crippen LogP contribution >= 0.6 is 0 Å². The van der Waals surface area contributed by atoms with Crippen molar-refractivity contribution in [2.45, 2.75) is 19.3 Å². The van der Waals surface area contributed by atoms with Crippen molar-refractivity contribution in [2.75, 3.05) is 20.6 Å². The van der Waals surface area contributed by atoms with Crippen molar-refractivity contribution < 1.29 is 9.32 Å². The molecule has 6 heteroatoms. The number of aryl methyl sites for hydroxylation is 1. The van der Waals surface area contributed by atoms with Crippen LogP contribution in [0.1, 0.15) is 29.1 Å². The fourth-order valence-electron chi connectivity index (χ4n) is 1.97. The fraction of sp³-hybridized carbons (Fsp3) is 0.400. The highest BCUT2D eigenvalue weighted by atomic mass is 16.5. The van der Waals surface area contributed by atoms with E-state index in [1.54, 1.807) is 19.2 Å². The third kappa shape index (κ3) is 4.13. The second kappa shape index (κ2) is 7.54. The molecule has 6 nitrogen and oxygen atoms in total. The molecule has 2 aromatic rings. The van der Waals surface area contributed by atoms with E-state index in [1.165, 1.54) is 0 Å². The van der Waals surface area contributed by atoms with Gasteiger partial charge in [0.2, 0.25) is 11.7 Å². The molecule has 1 aromatic heterocycles. The summed E-state index contributed by atoms with van der Waals surface area (Å²) in [7, 11) is 3.54. The molecule has 0 fully saturated rings. The number of rotatable bonds is 7. The Kier molecular flexibility index (Phi) is 5.45. The van der Waals surface area contributed by atoms with Gasteiger partial charge in [0.15, 0.2) is 0 Å². The average molecular weight is 288 g/mol. The highest BCUT2D eigenvalue weighted by Gasteiger charge is 2.09. The summed E-state index contributed by atoms with van der Waals surface area (Å²) in [5.41, 5.74) is 1.45. The molecule has 0 aliphatic heterocycles. The number of hydrogen-bond donors (Lipinski definition) is 2. The summed E-state index contributed by atoms with van der Waals surface area (Å²) in [4.78, 5) is 15.8. The number of hydrogen-bond acceptors (Lipinski definition) is 5. The maximum absolute atomic E-state index is 11.5. The van der Waals surface area contributed by atoms with E-state index in [2.05, 4.69) is 20.8 Å². The van der Waals surface area contributed by atoms with E-state index in [-0.39, 0.29) is 5.91 Å². The number of aromatic nitrogens is 2. The van der Waals surface area contributed by atoms with Crippen molar-refractivity contribution in [3.8, 4) is 11.4 Å². The van der Waals surface area contributed by atoms with Crippen LogP contribution in [0.2, 0.25) is 0 Å². The summed E-state index contributed by atoms with van der Waals surface area (Å²) in [6.07, 6.45) is 2.87. The smallest absolute Gasteiger partial charge is 0.251 e. The van der Waals surface area contributed by atoms with E-state index in [9.17, 15) is 4.79 Å². The van der Waals surface area contributed by atoms with E-state index in [0.717, 1.165) is 31.4 Å². The Morgan fingerprint density at radius 2 is 1.95 bits per heavy atom. The van der Waals surface area contributed by atoms with Gasteiger partial charge < -0.3 is 15.2 Å². The molecule has 0 radical (unpaired) electrons. The van der Waals surface area contributed by atoms with Crippen LogP contribution in [0, 0.1) is 0 Å². The van der Waals surface area contributed by atoms with Crippen molar-refractivity contribution in [3.05, 3.63) is 35.7 Å². The number of carbonyl (C=O) groups excluding carboxylic acids is 1. The first-order valence-electron chi connectivity index (χ1n) is 7.04. The zero-order valence-electron chi connectivity index (χ0n) is 12.3. The second-order valence-corrected chi connectivity index (χ2v) is 4.73. The molecule has 21 heavy (non-hydrogen) atoms. The van der Waals surface area contributed by atoms with Crippen molar-refractivity contribution in [3.63, 3.8) is 0 Å². The van der Waals surface area contributed by atoms with Gasteiger partial charge in [-0.3, -0.25) is 4.79 Å². The van der Waals surface area contributed by atoms with Gasteiger partial charge in [0.05, 0.1) is 0 Å². The summed E-state index contributed by atoms with van der Waals surface area (Å²) in [5, 5.41) is 9.67. The van der Waals surface area contributed by atoms with Gasteiger partial charge in [-0.05, 0) is 38.6 Å². The van der Waals surface area contributed by atoms with Crippen molar-refractivity contribution in [2.24, 2.45) is 0 Å². The standard InChI is InChI=1S/C15H20N4O2/c1-16-10-4-3-5-13-18-14(19-21-13)11-6-8-12(9-7-11)15(20)17-2/h6-9,16H,3-5,10H2,1-2H3,(H,17,20). The predicted molar refractivity (Wildman–Crippen MR) is 80.0 cm³/mol. The Balaban J connectivity index is 1.99. The van der Waals surface area contributed by atoms with Crippen LogP contribution in [0.15, 0.2) is 28.8 Å². The van der Waals surface area contributed by atoms with Crippen LogP contribution < -0.4 is 10.6 Å². The first kappa shape index (κ1) is 15.2.